The molecule has 4 heterocycles. The first-order valence-corrected chi connectivity index (χ1v) is 13.0. The molecule has 0 saturated carbocycles. The van der Waals surface area contributed by atoms with Crippen LogP contribution in [0.5, 0.6) is 11.5 Å². The van der Waals surface area contributed by atoms with E-state index in [0.717, 1.165) is 22.6 Å². The molecule has 1 aliphatic heterocycles. The summed E-state index contributed by atoms with van der Waals surface area (Å²) >= 11 is 1.11. The van der Waals surface area contributed by atoms with Gasteiger partial charge in [0, 0.05) is 22.9 Å². The van der Waals surface area contributed by atoms with Crippen LogP contribution in [0.15, 0.2) is 94.6 Å². The minimum atomic E-state index is -0.483. The van der Waals surface area contributed by atoms with E-state index in [-0.39, 0.29) is 16.2 Å². The van der Waals surface area contributed by atoms with Gasteiger partial charge in [0.1, 0.15) is 18.9 Å². The van der Waals surface area contributed by atoms with Crippen LogP contribution in [0, 0.1) is 0 Å². The van der Waals surface area contributed by atoms with Gasteiger partial charge >= 0.3 is 5.56 Å². The second-order valence-corrected chi connectivity index (χ2v) is 9.82. The Labute approximate surface area is 224 Å². The van der Waals surface area contributed by atoms with Gasteiger partial charge in [0.25, 0.3) is 5.56 Å². The second-order valence-electron chi connectivity index (χ2n) is 8.81. The Hall–Kier alpha value is -5.09. The van der Waals surface area contributed by atoms with Crippen molar-refractivity contribution in [3.8, 4) is 39.7 Å². The molecule has 0 atom stereocenters. The third kappa shape index (κ3) is 4.16. The summed E-state index contributed by atoms with van der Waals surface area (Å²) in [6, 6.07) is 24.4. The number of thiazole rings is 1. The van der Waals surface area contributed by atoms with Crippen molar-refractivity contribution in [2.45, 2.75) is 0 Å². The smallest absolute Gasteiger partial charge is 0.300 e. The summed E-state index contributed by atoms with van der Waals surface area (Å²) in [6.45, 7) is 0.974. The number of ether oxygens (including phenoxy) is 2. The summed E-state index contributed by atoms with van der Waals surface area (Å²) in [5.41, 5.74) is 2.94. The molecule has 3 aromatic heterocycles. The Bertz CT molecular complexity index is 2020. The SMILES string of the molecule is O=c1nc2sc(=Cc3cn(-c4ccccc4)nc3-c3ccc4c(c3)OCCO4)c(=O)n2nc1-c1ccccc1. The van der Waals surface area contributed by atoms with E-state index < -0.39 is 5.56 Å². The zero-order valence-corrected chi connectivity index (χ0v) is 21.2. The van der Waals surface area contributed by atoms with Crippen LogP contribution in [0.1, 0.15) is 5.56 Å². The minimum absolute atomic E-state index is 0.128. The van der Waals surface area contributed by atoms with E-state index in [4.69, 9.17) is 14.6 Å². The van der Waals surface area contributed by atoms with Gasteiger partial charge in [-0.3, -0.25) is 9.59 Å². The lowest BCUT2D eigenvalue weighted by Crippen LogP contribution is -2.26. The van der Waals surface area contributed by atoms with Gasteiger partial charge in [-0.15, -0.1) is 0 Å². The third-order valence-corrected chi connectivity index (χ3v) is 7.26. The van der Waals surface area contributed by atoms with Gasteiger partial charge in [-0.2, -0.15) is 19.7 Å². The molecule has 7 rings (SSSR count). The number of aromatic nitrogens is 5. The van der Waals surface area contributed by atoms with Crippen LogP contribution < -0.4 is 25.1 Å². The number of fused-ring (bicyclic) bond motifs is 2. The molecular formula is C29H19N5O4S. The molecule has 10 heteroatoms. The van der Waals surface area contributed by atoms with E-state index in [9.17, 15) is 9.59 Å². The van der Waals surface area contributed by atoms with Crippen LogP contribution in [0.3, 0.4) is 0 Å². The maximum absolute atomic E-state index is 13.4. The first-order chi connectivity index (χ1) is 19.1. The van der Waals surface area contributed by atoms with Gasteiger partial charge in [-0.1, -0.05) is 59.9 Å². The fraction of sp³-hybridized carbons (Fsp3) is 0.0690. The number of para-hydroxylation sites is 1. The van der Waals surface area contributed by atoms with E-state index >= 15 is 0 Å². The molecule has 6 aromatic rings. The molecule has 0 fully saturated rings. The van der Waals surface area contributed by atoms with Crippen LogP contribution >= 0.6 is 11.3 Å². The first-order valence-electron chi connectivity index (χ1n) is 12.2. The maximum atomic E-state index is 13.4. The monoisotopic (exact) mass is 533 g/mol. The molecular weight excluding hydrogens is 514 g/mol. The van der Waals surface area contributed by atoms with Gasteiger partial charge in [-0.25, -0.2) is 4.68 Å². The molecule has 190 valence electrons. The van der Waals surface area contributed by atoms with E-state index in [2.05, 4.69) is 10.1 Å². The van der Waals surface area contributed by atoms with E-state index in [1.165, 1.54) is 4.52 Å². The highest BCUT2D eigenvalue weighted by molar-refractivity contribution is 7.15. The zero-order valence-electron chi connectivity index (χ0n) is 20.4. The summed E-state index contributed by atoms with van der Waals surface area (Å²) in [4.78, 5) is 30.5. The fourth-order valence-corrected chi connectivity index (χ4v) is 5.34. The van der Waals surface area contributed by atoms with Crippen LogP contribution in [-0.2, 0) is 0 Å². The van der Waals surface area contributed by atoms with Crippen molar-refractivity contribution in [3.63, 3.8) is 0 Å². The van der Waals surface area contributed by atoms with Crippen LogP contribution in [0.2, 0.25) is 0 Å². The van der Waals surface area contributed by atoms with Crippen LogP contribution in [-0.4, -0.2) is 37.6 Å². The quantitative estimate of drug-likeness (QED) is 0.343. The van der Waals surface area contributed by atoms with Crippen molar-refractivity contribution >= 4 is 22.4 Å². The average Bonchev–Trinajstić information content (AvgIpc) is 3.54. The topological polar surface area (TPSA) is 101 Å². The van der Waals surface area contributed by atoms with E-state index in [1.807, 2.05) is 60.8 Å². The molecule has 39 heavy (non-hydrogen) atoms. The minimum Gasteiger partial charge on any atom is -0.486 e. The molecule has 1 aliphatic rings. The van der Waals surface area contributed by atoms with Gasteiger partial charge in [0.05, 0.1) is 10.2 Å². The van der Waals surface area contributed by atoms with Crippen molar-refractivity contribution in [1.29, 1.82) is 0 Å². The lowest BCUT2D eigenvalue weighted by molar-refractivity contribution is 0.171. The van der Waals surface area contributed by atoms with Crippen molar-refractivity contribution in [1.82, 2.24) is 24.4 Å². The number of hydrogen-bond donors (Lipinski definition) is 0. The Morgan fingerprint density at radius 1 is 0.795 bits per heavy atom. The van der Waals surface area contributed by atoms with Crippen molar-refractivity contribution < 1.29 is 9.47 Å². The Morgan fingerprint density at radius 2 is 1.54 bits per heavy atom. The summed E-state index contributed by atoms with van der Waals surface area (Å²) in [5.74, 6) is 1.33. The summed E-state index contributed by atoms with van der Waals surface area (Å²) < 4.78 is 14.8. The Balaban J connectivity index is 1.41. The number of nitrogens with zero attached hydrogens (tertiary/aromatic N) is 5. The average molecular weight is 534 g/mol. The van der Waals surface area contributed by atoms with E-state index in [1.54, 1.807) is 35.0 Å². The third-order valence-electron chi connectivity index (χ3n) is 6.30. The van der Waals surface area contributed by atoms with Crippen molar-refractivity contribution in [2.24, 2.45) is 0 Å². The molecule has 0 radical (unpaired) electrons. The highest BCUT2D eigenvalue weighted by atomic mass is 32.1. The molecule has 0 N–H and O–H groups in total. The molecule has 0 unspecified atom stereocenters. The lowest BCUT2D eigenvalue weighted by Gasteiger charge is -2.18. The highest BCUT2D eigenvalue weighted by Gasteiger charge is 2.18. The molecule has 0 aliphatic carbocycles. The van der Waals surface area contributed by atoms with Gasteiger partial charge in [-0.05, 0) is 36.4 Å². The van der Waals surface area contributed by atoms with Crippen molar-refractivity contribution in [3.05, 3.63) is 116 Å². The molecule has 0 spiro atoms. The van der Waals surface area contributed by atoms with Crippen LogP contribution in [0.4, 0.5) is 0 Å². The Morgan fingerprint density at radius 3 is 2.33 bits per heavy atom. The normalized spacial score (nSPS) is 13.2. The maximum Gasteiger partial charge on any atom is 0.300 e. The van der Waals surface area contributed by atoms with Gasteiger partial charge < -0.3 is 9.47 Å². The summed E-state index contributed by atoms with van der Waals surface area (Å²) in [7, 11) is 0. The van der Waals surface area contributed by atoms with Gasteiger partial charge in [0.15, 0.2) is 17.2 Å². The Kier molecular flexibility index (Phi) is 5.52. The molecule has 3 aromatic carbocycles. The predicted molar refractivity (Wildman–Crippen MR) is 148 cm³/mol. The summed E-state index contributed by atoms with van der Waals surface area (Å²) in [5, 5.41) is 9.21. The number of rotatable bonds is 4. The largest absolute Gasteiger partial charge is 0.486 e. The molecule has 0 bridgehead atoms. The van der Waals surface area contributed by atoms with Crippen LogP contribution in [0.25, 0.3) is 39.2 Å². The lowest BCUT2D eigenvalue weighted by atomic mass is 10.1. The first kappa shape index (κ1) is 23.1. The van der Waals surface area contributed by atoms with Gasteiger partial charge in [0.2, 0.25) is 4.96 Å². The molecule has 9 nitrogen and oxygen atoms in total. The second kappa shape index (κ2) is 9.34. The molecule has 0 amide bonds. The van der Waals surface area contributed by atoms with E-state index in [0.29, 0.717) is 46.1 Å². The highest BCUT2D eigenvalue weighted by Crippen LogP contribution is 2.35. The fourth-order valence-electron chi connectivity index (χ4n) is 4.45. The number of benzene rings is 3. The van der Waals surface area contributed by atoms with Crippen molar-refractivity contribution in [2.75, 3.05) is 13.2 Å². The standard InChI is InChI=1S/C29H19N5O4S/c35-27-26(18-7-3-1-4-8-18)32-34-28(36)24(39-29(34)30-27)16-20-17-33(21-9-5-2-6-10-21)31-25(20)19-11-12-22-23(15-19)38-14-13-37-22/h1-12,15-17H,13-14H2. The summed E-state index contributed by atoms with van der Waals surface area (Å²) in [6.07, 6.45) is 3.62. The zero-order chi connectivity index (χ0) is 26.3. The number of hydrogen-bond acceptors (Lipinski definition) is 8. The predicted octanol–water partition coefficient (Wildman–Crippen LogP) is 3.35. The molecule has 0 saturated heterocycles.